The van der Waals surface area contributed by atoms with Crippen LogP contribution in [0.5, 0.6) is 0 Å². The van der Waals surface area contributed by atoms with Gasteiger partial charge >= 0.3 is 5.97 Å². The van der Waals surface area contributed by atoms with E-state index in [1.807, 2.05) is 30.3 Å². The Bertz CT molecular complexity index is 559. The molecule has 120 valence electrons. The minimum Gasteiger partial charge on any atom is -0.458 e. The molecule has 0 aliphatic carbocycles. The first kappa shape index (κ1) is 16.7. The summed E-state index contributed by atoms with van der Waals surface area (Å²) in [7, 11) is -2.16. The van der Waals surface area contributed by atoms with Gasteiger partial charge in [-0.1, -0.05) is 48.6 Å². The minimum absolute atomic E-state index is 0.216. The van der Waals surface area contributed by atoms with Crippen LogP contribution in [-0.2, 0) is 14.3 Å². The molecule has 1 aliphatic heterocycles. The van der Waals surface area contributed by atoms with Crippen LogP contribution in [0.2, 0.25) is 18.6 Å². The molecule has 22 heavy (non-hydrogen) atoms. The first-order valence-corrected chi connectivity index (χ1v) is 10.5. The Morgan fingerprint density at radius 2 is 1.91 bits per heavy atom. The fourth-order valence-corrected chi connectivity index (χ4v) is 6.93. The normalized spacial score (nSPS) is 26.4. The number of aliphatic hydroxyl groups excluding tert-OH is 1. The number of hydrogen-bond donors (Lipinski definition) is 2. The van der Waals surface area contributed by atoms with Crippen LogP contribution in [0.3, 0.4) is 0 Å². The highest BCUT2D eigenvalue weighted by Crippen LogP contribution is 2.38. The smallest absolute Gasteiger partial charge is 0.329 e. The summed E-state index contributed by atoms with van der Waals surface area (Å²) in [6.45, 7) is 7.28. The Balaban J connectivity index is 2.44. The van der Waals surface area contributed by atoms with Gasteiger partial charge in [0.05, 0.1) is 14.2 Å². The fourth-order valence-electron chi connectivity index (χ4n) is 3.27. The average molecular weight is 321 g/mol. The number of nitrogens with one attached hydrogen (secondary N) is 1. The van der Waals surface area contributed by atoms with Gasteiger partial charge < -0.3 is 15.2 Å². The molecular weight excluding hydrogens is 298 g/mol. The van der Waals surface area contributed by atoms with Gasteiger partial charge in [-0.2, -0.15) is 0 Å². The highest BCUT2D eigenvalue weighted by atomic mass is 28.3. The van der Waals surface area contributed by atoms with Crippen molar-refractivity contribution in [3.63, 3.8) is 0 Å². The minimum atomic E-state index is -2.16. The van der Waals surface area contributed by atoms with Crippen LogP contribution in [0.25, 0.3) is 0 Å². The molecule has 1 aliphatic rings. The average Bonchev–Trinajstić information content (AvgIpc) is 2.77. The molecule has 2 N–H and O–H groups in total. The zero-order chi connectivity index (χ0) is 16.5. The van der Waals surface area contributed by atoms with Crippen LogP contribution in [0.1, 0.15) is 13.8 Å². The molecule has 2 rings (SSSR count). The Labute approximate surface area is 131 Å². The third-order valence-electron chi connectivity index (χ3n) is 4.40. The summed E-state index contributed by atoms with van der Waals surface area (Å²) >= 11 is 0. The maximum Gasteiger partial charge on any atom is 0.329 e. The second-order valence-corrected chi connectivity index (χ2v) is 11.1. The number of rotatable bonds is 4. The zero-order valence-electron chi connectivity index (χ0n) is 13.4. The molecule has 1 aromatic carbocycles. The summed E-state index contributed by atoms with van der Waals surface area (Å²) in [6.07, 6.45) is -1.37. The van der Waals surface area contributed by atoms with Crippen LogP contribution in [0.15, 0.2) is 30.3 Å². The Kier molecular flexibility index (Phi) is 4.72. The van der Waals surface area contributed by atoms with Gasteiger partial charge in [0, 0.05) is 12.5 Å². The number of carbonyl (C=O) groups is 2. The standard InChI is InChI=1S/C16H23NO4Si/c1-10(18)14-15(13(16(20)21-14)17-11(2)19)22(3,4)12-8-6-5-7-9-12/h5-10,13-15,18H,1-4H3,(H,17,19)/t10-,13-,14+,15+/m1/s1. The van der Waals surface area contributed by atoms with E-state index < -0.39 is 32.3 Å². The molecule has 1 saturated heterocycles. The van der Waals surface area contributed by atoms with Crippen molar-refractivity contribution in [2.45, 2.75) is 50.7 Å². The lowest BCUT2D eigenvalue weighted by Crippen LogP contribution is -2.57. The van der Waals surface area contributed by atoms with Crippen molar-refractivity contribution in [2.75, 3.05) is 0 Å². The van der Waals surface area contributed by atoms with Crippen LogP contribution in [-0.4, -0.2) is 43.3 Å². The molecule has 6 heteroatoms. The quantitative estimate of drug-likeness (QED) is 0.635. The van der Waals surface area contributed by atoms with Crippen LogP contribution in [0, 0.1) is 0 Å². The number of benzene rings is 1. The molecular formula is C16H23NO4Si. The van der Waals surface area contributed by atoms with Crippen LogP contribution in [0.4, 0.5) is 0 Å². The number of esters is 1. The predicted octanol–water partition coefficient (Wildman–Crippen LogP) is 0.783. The van der Waals surface area contributed by atoms with Gasteiger partial charge in [-0.3, -0.25) is 4.79 Å². The first-order chi connectivity index (χ1) is 10.2. The lowest BCUT2D eigenvalue weighted by Gasteiger charge is -2.36. The van der Waals surface area contributed by atoms with Crippen molar-refractivity contribution in [3.05, 3.63) is 30.3 Å². The second-order valence-electron chi connectivity index (χ2n) is 6.43. The van der Waals surface area contributed by atoms with E-state index in [-0.39, 0.29) is 11.4 Å². The molecule has 1 fully saturated rings. The summed E-state index contributed by atoms with van der Waals surface area (Å²) in [5, 5.41) is 13.9. The summed E-state index contributed by atoms with van der Waals surface area (Å²) in [6, 6.07) is 9.26. The van der Waals surface area contributed by atoms with Gasteiger partial charge in [-0.15, -0.1) is 0 Å². The molecule has 1 heterocycles. The number of hydrogen-bond acceptors (Lipinski definition) is 4. The Morgan fingerprint density at radius 3 is 2.41 bits per heavy atom. The predicted molar refractivity (Wildman–Crippen MR) is 86.5 cm³/mol. The van der Waals surface area contributed by atoms with Crippen molar-refractivity contribution in [1.82, 2.24) is 5.32 Å². The van der Waals surface area contributed by atoms with Gasteiger partial charge in [0.15, 0.2) is 0 Å². The van der Waals surface area contributed by atoms with E-state index in [1.165, 1.54) is 12.1 Å². The van der Waals surface area contributed by atoms with E-state index in [2.05, 4.69) is 18.4 Å². The van der Waals surface area contributed by atoms with Crippen molar-refractivity contribution in [3.8, 4) is 0 Å². The molecule has 1 amide bonds. The molecule has 4 atom stereocenters. The maximum atomic E-state index is 12.2. The van der Waals surface area contributed by atoms with Crippen molar-refractivity contribution in [2.24, 2.45) is 0 Å². The van der Waals surface area contributed by atoms with Gasteiger partial charge in [0.1, 0.15) is 12.1 Å². The molecule has 0 unspecified atom stereocenters. The third kappa shape index (κ3) is 3.07. The summed E-state index contributed by atoms with van der Waals surface area (Å²) in [5.41, 5.74) is -0.216. The van der Waals surface area contributed by atoms with E-state index in [0.717, 1.165) is 0 Å². The van der Waals surface area contributed by atoms with Crippen LogP contribution < -0.4 is 10.5 Å². The van der Waals surface area contributed by atoms with Crippen molar-refractivity contribution in [1.29, 1.82) is 0 Å². The van der Waals surface area contributed by atoms with Crippen molar-refractivity contribution < 1.29 is 19.4 Å². The number of carbonyl (C=O) groups excluding carboxylic acids is 2. The maximum absolute atomic E-state index is 12.2. The summed E-state index contributed by atoms with van der Waals surface area (Å²) in [4.78, 5) is 23.7. The Morgan fingerprint density at radius 1 is 1.32 bits per heavy atom. The number of cyclic esters (lactones) is 1. The summed E-state index contributed by atoms with van der Waals surface area (Å²) < 4.78 is 5.39. The second kappa shape index (κ2) is 6.22. The topological polar surface area (TPSA) is 75.6 Å². The van der Waals surface area contributed by atoms with Gasteiger partial charge in [-0.05, 0) is 6.92 Å². The molecule has 0 spiro atoms. The molecule has 0 aromatic heterocycles. The van der Waals surface area contributed by atoms with Gasteiger partial charge in [0.2, 0.25) is 5.91 Å². The number of ether oxygens (including phenoxy) is 1. The zero-order valence-corrected chi connectivity index (χ0v) is 14.4. The molecule has 5 nitrogen and oxygen atoms in total. The van der Waals surface area contributed by atoms with Gasteiger partial charge in [-0.25, -0.2) is 4.79 Å². The summed E-state index contributed by atoms with van der Waals surface area (Å²) in [5.74, 6) is -0.723. The molecule has 1 aromatic rings. The van der Waals surface area contributed by atoms with Crippen molar-refractivity contribution >= 4 is 25.1 Å². The fraction of sp³-hybridized carbons (Fsp3) is 0.500. The molecule has 0 saturated carbocycles. The lowest BCUT2D eigenvalue weighted by molar-refractivity contribution is -0.147. The first-order valence-electron chi connectivity index (χ1n) is 7.46. The van der Waals surface area contributed by atoms with E-state index in [4.69, 9.17) is 4.74 Å². The highest BCUT2D eigenvalue weighted by Gasteiger charge is 2.55. The van der Waals surface area contributed by atoms with E-state index in [9.17, 15) is 14.7 Å². The van der Waals surface area contributed by atoms with Crippen LogP contribution >= 0.6 is 0 Å². The number of aliphatic hydroxyl groups is 1. The third-order valence-corrected chi connectivity index (χ3v) is 8.55. The SMILES string of the molecule is CC(=O)N[C@H]1C(=O)O[C@@H]([C@@H](C)O)[C@H]1[Si](C)(C)c1ccccc1. The highest BCUT2D eigenvalue weighted by molar-refractivity contribution is 6.91. The largest absolute Gasteiger partial charge is 0.458 e. The lowest BCUT2D eigenvalue weighted by atomic mass is 10.1. The van der Waals surface area contributed by atoms with E-state index in [0.29, 0.717) is 0 Å². The van der Waals surface area contributed by atoms with E-state index in [1.54, 1.807) is 6.92 Å². The van der Waals surface area contributed by atoms with E-state index >= 15 is 0 Å². The monoisotopic (exact) mass is 321 g/mol. The number of amides is 1. The molecule has 0 bridgehead atoms. The van der Waals surface area contributed by atoms with Gasteiger partial charge in [0.25, 0.3) is 0 Å². The molecule has 0 radical (unpaired) electrons. The Hall–Kier alpha value is -1.66.